The number of fused-ring (bicyclic) bond motifs is 3. The lowest BCUT2D eigenvalue weighted by Gasteiger charge is -2.27. The summed E-state index contributed by atoms with van der Waals surface area (Å²) < 4.78 is 57.9. The predicted octanol–water partition coefficient (Wildman–Crippen LogP) is 3.73. The molecule has 2 aromatic carbocycles. The molecule has 0 radical (unpaired) electrons. The van der Waals surface area contributed by atoms with Crippen LogP contribution in [0.5, 0.6) is 5.75 Å². The molecule has 1 heterocycles. The van der Waals surface area contributed by atoms with E-state index in [-0.39, 0.29) is 34.0 Å². The van der Waals surface area contributed by atoms with Gasteiger partial charge in [-0.1, -0.05) is 6.07 Å². The molecule has 5 rings (SSSR count). The van der Waals surface area contributed by atoms with Crippen molar-refractivity contribution in [1.29, 1.82) is 0 Å². The van der Waals surface area contributed by atoms with Crippen LogP contribution in [0.25, 0.3) is 0 Å². The number of anilines is 1. The Morgan fingerprint density at radius 3 is 2.60 bits per heavy atom. The Bertz CT molecular complexity index is 1330. The molecular formula is C24H24FNO8S. The Morgan fingerprint density at radius 2 is 1.91 bits per heavy atom. The number of hydrogen-bond acceptors (Lipinski definition) is 7. The van der Waals surface area contributed by atoms with Gasteiger partial charge in [-0.25, -0.2) is 22.4 Å². The third-order valence-electron chi connectivity index (χ3n) is 6.90. The number of nitrogens with zero attached hydrogens (tertiary/aromatic N) is 1. The Labute approximate surface area is 201 Å². The third kappa shape index (κ3) is 3.92. The second-order valence-corrected chi connectivity index (χ2v) is 10.8. The van der Waals surface area contributed by atoms with Crippen molar-refractivity contribution in [2.75, 3.05) is 31.7 Å². The van der Waals surface area contributed by atoms with Crippen molar-refractivity contribution in [3.05, 3.63) is 52.8 Å². The average molecular weight is 506 g/mol. The molecule has 1 amide bonds. The summed E-state index contributed by atoms with van der Waals surface area (Å²) in [6.45, 7) is 0.686. The number of carboxylic acid groups (broad SMARTS) is 1. The van der Waals surface area contributed by atoms with Gasteiger partial charge in [-0.2, -0.15) is 4.31 Å². The van der Waals surface area contributed by atoms with Crippen LogP contribution in [0.1, 0.15) is 46.2 Å². The summed E-state index contributed by atoms with van der Waals surface area (Å²) in [6.07, 6.45) is 0.146. The number of aromatic carboxylic acids is 1. The number of hydrogen-bond donors (Lipinski definition) is 1. The van der Waals surface area contributed by atoms with Crippen molar-refractivity contribution in [2.45, 2.75) is 29.6 Å². The van der Waals surface area contributed by atoms with Gasteiger partial charge in [0.1, 0.15) is 17.1 Å². The molecule has 0 saturated heterocycles. The van der Waals surface area contributed by atoms with E-state index in [0.717, 1.165) is 31.7 Å². The monoisotopic (exact) mass is 505 g/mol. The summed E-state index contributed by atoms with van der Waals surface area (Å²) in [6, 6.07) is 6.08. The van der Waals surface area contributed by atoms with Crippen LogP contribution in [-0.4, -0.2) is 53.0 Å². The number of ether oxygens (including phenoxy) is 3. The summed E-state index contributed by atoms with van der Waals surface area (Å²) in [5.41, 5.74) is 0.0382. The van der Waals surface area contributed by atoms with Crippen molar-refractivity contribution >= 4 is 27.8 Å². The Kier molecular flexibility index (Phi) is 5.71. The molecule has 2 unspecified atom stereocenters. The Morgan fingerprint density at radius 1 is 1.14 bits per heavy atom. The highest BCUT2D eigenvalue weighted by Crippen LogP contribution is 2.56. The van der Waals surface area contributed by atoms with E-state index in [4.69, 9.17) is 14.2 Å². The molecule has 35 heavy (non-hydrogen) atoms. The molecular weight excluding hydrogens is 481 g/mol. The highest BCUT2D eigenvalue weighted by molar-refractivity contribution is 7.93. The van der Waals surface area contributed by atoms with Gasteiger partial charge in [0.15, 0.2) is 0 Å². The van der Waals surface area contributed by atoms with Crippen molar-refractivity contribution in [1.82, 2.24) is 0 Å². The summed E-state index contributed by atoms with van der Waals surface area (Å²) in [5, 5.41) is 10.0. The number of amides is 1. The fraction of sp³-hybridized carbons (Fsp3) is 0.417. The highest BCUT2D eigenvalue weighted by Gasteiger charge is 2.48. The van der Waals surface area contributed by atoms with E-state index in [1.54, 1.807) is 6.07 Å². The van der Waals surface area contributed by atoms with Crippen LogP contribution in [-0.2, 0) is 19.5 Å². The van der Waals surface area contributed by atoms with Crippen LogP contribution >= 0.6 is 0 Å². The maximum absolute atomic E-state index is 14.2. The van der Waals surface area contributed by atoms with Gasteiger partial charge in [0.25, 0.3) is 10.0 Å². The van der Waals surface area contributed by atoms with Crippen LogP contribution in [0, 0.1) is 17.7 Å². The van der Waals surface area contributed by atoms with Crippen LogP contribution in [0.15, 0.2) is 35.2 Å². The van der Waals surface area contributed by atoms with E-state index in [9.17, 15) is 27.5 Å². The van der Waals surface area contributed by atoms with E-state index in [0.29, 0.717) is 35.4 Å². The molecule has 2 saturated carbocycles. The van der Waals surface area contributed by atoms with Crippen LogP contribution < -0.4 is 9.04 Å². The van der Waals surface area contributed by atoms with Crippen molar-refractivity contribution in [2.24, 2.45) is 11.8 Å². The molecule has 2 aromatic rings. The van der Waals surface area contributed by atoms with Crippen LogP contribution in [0.2, 0.25) is 0 Å². The average Bonchev–Trinajstić information content (AvgIpc) is 3.73. The molecule has 0 spiro atoms. The standard InChI is InChI=1S/C24H24FNO8S/c1-32-10-12-7-17(12)18-9-14(25)3-6-20(18)35(30,31)26(24(29)33-2)19-5-4-15-16-8-13(16)11-34-22(15)21(19)23(27)28/h3-6,9,12-13,16-17H,7-8,10-11H2,1-2H3,(H,27,28)/t12?,13-,16-,17?/m0/s1. The maximum atomic E-state index is 14.2. The van der Waals surface area contributed by atoms with E-state index in [1.807, 2.05) is 0 Å². The zero-order valence-electron chi connectivity index (χ0n) is 19.1. The van der Waals surface area contributed by atoms with Crippen molar-refractivity contribution < 1.29 is 41.7 Å². The zero-order valence-corrected chi connectivity index (χ0v) is 19.9. The van der Waals surface area contributed by atoms with Gasteiger partial charge >= 0.3 is 12.1 Å². The molecule has 2 fully saturated rings. The van der Waals surface area contributed by atoms with Gasteiger partial charge in [-0.3, -0.25) is 0 Å². The molecule has 2 aliphatic carbocycles. The normalized spacial score (nSPS) is 24.0. The lowest BCUT2D eigenvalue weighted by molar-refractivity contribution is 0.0692. The van der Waals surface area contributed by atoms with E-state index in [1.165, 1.54) is 13.2 Å². The first kappa shape index (κ1) is 23.6. The molecule has 0 bridgehead atoms. The molecule has 3 aliphatic rings. The lowest BCUT2D eigenvalue weighted by atomic mass is 10.00. The van der Waals surface area contributed by atoms with Gasteiger partial charge in [0.05, 0.1) is 24.3 Å². The minimum Gasteiger partial charge on any atom is -0.492 e. The van der Waals surface area contributed by atoms with Gasteiger partial charge < -0.3 is 19.3 Å². The fourth-order valence-corrected chi connectivity index (χ4v) is 6.62. The van der Waals surface area contributed by atoms with Gasteiger partial charge in [-0.05, 0) is 66.0 Å². The highest BCUT2D eigenvalue weighted by atomic mass is 32.2. The first-order chi connectivity index (χ1) is 16.7. The summed E-state index contributed by atoms with van der Waals surface area (Å²) in [7, 11) is -2.19. The predicted molar refractivity (Wildman–Crippen MR) is 121 cm³/mol. The molecule has 186 valence electrons. The summed E-state index contributed by atoms with van der Waals surface area (Å²) in [5.74, 6) is -1.85. The van der Waals surface area contributed by atoms with Crippen molar-refractivity contribution in [3.63, 3.8) is 0 Å². The van der Waals surface area contributed by atoms with E-state index >= 15 is 0 Å². The van der Waals surface area contributed by atoms with E-state index < -0.39 is 39.2 Å². The largest absolute Gasteiger partial charge is 0.492 e. The summed E-state index contributed by atoms with van der Waals surface area (Å²) >= 11 is 0. The van der Waals surface area contributed by atoms with Crippen molar-refractivity contribution in [3.8, 4) is 5.75 Å². The minimum atomic E-state index is -4.71. The first-order valence-electron chi connectivity index (χ1n) is 11.1. The number of carboxylic acids is 1. The number of rotatable bonds is 7. The quantitative estimate of drug-likeness (QED) is 0.605. The second-order valence-electron chi connectivity index (χ2n) is 9.08. The molecule has 1 N–H and O–H groups in total. The third-order valence-corrected chi connectivity index (χ3v) is 8.65. The fourth-order valence-electron chi connectivity index (χ4n) is 4.99. The zero-order chi connectivity index (χ0) is 25.1. The molecule has 4 atom stereocenters. The SMILES string of the molecule is COCC1CC1c1cc(F)ccc1S(=O)(=O)N(C(=O)OC)c1ccc2c(c1C(=O)O)OC[C@@H]1C[C@H]21. The van der Waals surface area contributed by atoms with Crippen LogP contribution in [0.3, 0.4) is 0 Å². The lowest BCUT2D eigenvalue weighted by Crippen LogP contribution is -2.38. The minimum absolute atomic E-state index is 0.000499. The number of benzene rings is 2. The number of sulfonamides is 1. The summed E-state index contributed by atoms with van der Waals surface area (Å²) in [4.78, 5) is 24.9. The van der Waals surface area contributed by atoms with Gasteiger partial charge in [0, 0.05) is 19.6 Å². The molecule has 11 heteroatoms. The topological polar surface area (TPSA) is 119 Å². The number of halogens is 1. The van der Waals surface area contributed by atoms with Gasteiger partial charge in [0.2, 0.25) is 0 Å². The number of carbonyl (C=O) groups excluding carboxylic acids is 1. The number of methoxy groups -OCH3 is 2. The van der Waals surface area contributed by atoms with E-state index in [2.05, 4.69) is 0 Å². The first-order valence-corrected chi connectivity index (χ1v) is 12.6. The second kappa shape index (κ2) is 8.49. The van der Waals surface area contributed by atoms with Crippen LogP contribution in [0.4, 0.5) is 14.9 Å². The maximum Gasteiger partial charge on any atom is 0.428 e. The smallest absolute Gasteiger partial charge is 0.428 e. The molecule has 9 nitrogen and oxygen atoms in total. The molecule has 0 aromatic heterocycles. The van der Waals surface area contributed by atoms with Gasteiger partial charge in [-0.15, -0.1) is 0 Å². The Hall–Kier alpha value is -3.18. The Balaban J connectivity index is 1.66. The molecule has 1 aliphatic heterocycles. The number of carbonyl (C=O) groups is 2.